The largest absolute Gasteiger partial charge is 0.491 e. The third-order valence-corrected chi connectivity index (χ3v) is 4.74. The number of carbonyl (C=O) groups is 2. The van der Waals surface area contributed by atoms with Gasteiger partial charge >= 0.3 is 0 Å². The van der Waals surface area contributed by atoms with Gasteiger partial charge in [0.05, 0.1) is 16.8 Å². The van der Waals surface area contributed by atoms with Gasteiger partial charge in [0.15, 0.2) is 5.11 Å². The molecule has 0 saturated heterocycles. The summed E-state index contributed by atoms with van der Waals surface area (Å²) in [5.41, 5.74) is 1.49. The summed E-state index contributed by atoms with van der Waals surface area (Å²) in [6, 6.07) is 11.9. The first-order valence-corrected chi connectivity index (χ1v) is 10.6. The number of nitrogens with one attached hydrogen (secondary N) is 3. The monoisotopic (exact) mass is 447 g/mol. The molecule has 0 radical (unpaired) electrons. The van der Waals surface area contributed by atoms with Gasteiger partial charge in [0, 0.05) is 17.7 Å². The molecule has 0 fully saturated rings. The van der Waals surface area contributed by atoms with E-state index >= 15 is 0 Å². The molecule has 0 aliphatic heterocycles. The minimum Gasteiger partial charge on any atom is -0.491 e. The highest BCUT2D eigenvalue weighted by molar-refractivity contribution is 7.80. The number of rotatable bonds is 8. The fraction of sp³-hybridized carbons (Fsp3) is 0.318. The third kappa shape index (κ3) is 7.31. The number of ether oxygens (including phenoxy) is 1. The van der Waals surface area contributed by atoms with E-state index in [9.17, 15) is 9.59 Å². The van der Waals surface area contributed by atoms with Crippen molar-refractivity contribution in [1.82, 2.24) is 5.32 Å². The molecule has 1 unspecified atom stereocenters. The maximum absolute atomic E-state index is 12.5. The van der Waals surface area contributed by atoms with Gasteiger partial charge in [-0.3, -0.25) is 14.9 Å². The van der Waals surface area contributed by atoms with E-state index in [0.29, 0.717) is 34.1 Å². The number of hydrogen-bond donors (Lipinski definition) is 3. The molecular weight excluding hydrogens is 422 g/mol. The van der Waals surface area contributed by atoms with E-state index in [1.54, 1.807) is 42.5 Å². The first-order chi connectivity index (χ1) is 14.3. The van der Waals surface area contributed by atoms with Crippen LogP contribution in [0.3, 0.4) is 0 Å². The van der Waals surface area contributed by atoms with Crippen molar-refractivity contribution < 1.29 is 14.3 Å². The zero-order valence-corrected chi connectivity index (χ0v) is 18.8. The number of halogens is 1. The van der Waals surface area contributed by atoms with Gasteiger partial charge in [-0.05, 0) is 68.4 Å². The number of carbonyl (C=O) groups excluding carboxylic acids is 2. The number of amides is 2. The molecule has 0 heterocycles. The Hall–Kier alpha value is -2.64. The average Bonchev–Trinajstić information content (AvgIpc) is 2.70. The molecule has 2 aromatic rings. The second-order valence-corrected chi connectivity index (χ2v) is 7.58. The molecule has 2 aromatic carbocycles. The van der Waals surface area contributed by atoms with Crippen LogP contribution in [0.15, 0.2) is 42.5 Å². The Morgan fingerprint density at radius 1 is 1.13 bits per heavy atom. The Morgan fingerprint density at radius 2 is 1.90 bits per heavy atom. The van der Waals surface area contributed by atoms with Crippen molar-refractivity contribution in [2.75, 3.05) is 10.6 Å². The van der Waals surface area contributed by atoms with Gasteiger partial charge in [-0.2, -0.15) is 0 Å². The Kier molecular flexibility index (Phi) is 9.08. The molecule has 1 atom stereocenters. The van der Waals surface area contributed by atoms with E-state index < -0.39 is 0 Å². The summed E-state index contributed by atoms with van der Waals surface area (Å²) < 4.78 is 5.75. The number of anilines is 2. The van der Waals surface area contributed by atoms with Gasteiger partial charge < -0.3 is 15.4 Å². The lowest BCUT2D eigenvalue weighted by molar-refractivity contribution is -0.116. The van der Waals surface area contributed by atoms with Gasteiger partial charge in [-0.25, -0.2) is 0 Å². The zero-order chi connectivity index (χ0) is 22.1. The molecule has 160 valence electrons. The van der Waals surface area contributed by atoms with Crippen LogP contribution in [-0.4, -0.2) is 23.0 Å². The molecule has 3 N–H and O–H groups in total. The first kappa shape index (κ1) is 23.6. The summed E-state index contributed by atoms with van der Waals surface area (Å²) in [5, 5.41) is 8.82. The van der Waals surface area contributed by atoms with Crippen LogP contribution in [0.2, 0.25) is 5.02 Å². The van der Waals surface area contributed by atoms with Gasteiger partial charge in [0.2, 0.25) is 5.91 Å². The predicted octanol–water partition coefficient (Wildman–Crippen LogP) is 5.38. The minimum atomic E-state index is -0.370. The lowest BCUT2D eigenvalue weighted by atomic mass is 10.2. The summed E-state index contributed by atoms with van der Waals surface area (Å²) in [6.45, 7) is 5.93. The number of hydrogen-bond acceptors (Lipinski definition) is 4. The third-order valence-electron chi connectivity index (χ3n) is 4.21. The molecule has 6 nitrogen and oxygen atoms in total. The van der Waals surface area contributed by atoms with E-state index in [1.807, 2.05) is 20.8 Å². The summed E-state index contributed by atoms with van der Waals surface area (Å²) >= 11 is 11.5. The first-order valence-electron chi connectivity index (χ1n) is 9.80. The van der Waals surface area contributed by atoms with E-state index in [0.717, 1.165) is 12.8 Å². The van der Waals surface area contributed by atoms with Crippen molar-refractivity contribution in [3.63, 3.8) is 0 Å². The van der Waals surface area contributed by atoms with Crippen LogP contribution < -0.4 is 20.7 Å². The normalized spacial score (nSPS) is 11.3. The van der Waals surface area contributed by atoms with E-state index in [1.165, 1.54) is 0 Å². The highest BCUT2D eigenvalue weighted by Gasteiger charge is 2.12. The van der Waals surface area contributed by atoms with Crippen molar-refractivity contribution in [2.45, 2.75) is 46.1 Å². The molecule has 2 amide bonds. The number of thiocarbonyl (C=S) groups is 1. The van der Waals surface area contributed by atoms with E-state index in [-0.39, 0.29) is 23.0 Å². The highest BCUT2D eigenvalue weighted by atomic mass is 35.5. The van der Waals surface area contributed by atoms with Gasteiger partial charge in [0.25, 0.3) is 5.91 Å². The summed E-state index contributed by atoms with van der Waals surface area (Å²) in [7, 11) is 0. The quantitative estimate of drug-likeness (QED) is 0.473. The Bertz CT molecular complexity index is 920. The lowest BCUT2D eigenvalue weighted by Crippen LogP contribution is -2.34. The predicted molar refractivity (Wildman–Crippen MR) is 125 cm³/mol. The van der Waals surface area contributed by atoms with Crippen LogP contribution in [0.5, 0.6) is 5.75 Å². The van der Waals surface area contributed by atoms with Crippen molar-refractivity contribution in [3.05, 3.63) is 53.1 Å². The van der Waals surface area contributed by atoms with Crippen molar-refractivity contribution in [2.24, 2.45) is 0 Å². The molecule has 30 heavy (non-hydrogen) atoms. The fourth-order valence-corrected chi connectivity index (χ4v) is 2.87. The molecule has 0 aliphatic rings. The smallest absolute Gasteiger partial charge is 0.257 e. The maximum Gasteiger partial charge on any atom is 0.257 e. The summed E-state index contributed by atoms with van der Waals surface area (Å²) in [6.07, 6.45) is 2.10. The van der Waals surface area contributed by atoms with Crippen LogP contribution >= 0.6 is 23.8 Å². The van der Waals surface area contributed by atoms with E-state index in [2.05, 4.69) is 16.0 Å². The summed E-state index contributed by atoms with van der Waals surface area (Å²) in [4.78, 5) is 24.3. The van der Waals surface area contributed by atoms with Gasteiger partial charge in [-0.15, -0.1) is 0 Å². The molecule has 0 bridgehead atoms. The topological polar surface area (TPSA) is 79.5 Å². The molecule has 0 aliphatic carbocycles. The van der Waals surface area contributed by atoms with Crippen LogP contribution in [0.1, 0.15) is 50.4 Å². The minimum absolute atomic E-state index is 0.0540. The maximum atomic E-state index is 12.5. The second kappa shape index (κ2) is 11.5. The molecule has 2 rings (SSSR count). The van der Waals surface area contributed by atoms with Crippen molar-refractivity contribution >= 4 is 52.1 Å². The van der Waals surface area contributed by atoms with Crippen LogP contribution in [0, 0.1) is 0 Å². The van der Waals surface area contributed by atoms with Gasteiger partial charge in [0.1, 0.15) is 5.75 Å². The van der Waals surface area contributed by atoms with Crippen molar-refractivity contribution in [3.8, 4) is 5.75 Å². The lowest BCUT2D eigenvalue weighted by Gasteiger charge is -2.14. The van der Waals surface area contributed by atoms with E-state index in [4.69, 9.17) is 28.6 Å². The van der Waals surface area contributed by atoms with Crippen LogP contribution in [0.4, 0.5) is 11.4 Å². The average molecular weight is 448 g/mol. The molecule has 0 aromatic heterocycles. The van der Waals surface area contributed by atoms with Gasteiger partial charge in [-0.1, -0.05) is 31.5 Å². The molecule has 0 saturated carbocycles. The molecule has 0 spiro atoms. The Labute approximate surface area is 187 Å². The van der Waals surface area contributed by atoms with Crippen molar-refractivity contribution in [1.29, 1.82) is 0 Å². The standard InChI is InChI=1S/C22H26ClN3O3S/c1-4-7-20(27)24-16-10-11-18(23)19(13-16)25-22(30)26-21(28)15-8-6-9-17(12-15)29-14(3)5-2/h6,8-14H,4-5,7H2,1-3H3,(H,24,27)(H2,25,26,28,30). The SMILES string of the molecule is CCCC(=O)Nc1ccc(Cl)c(NC(=S)NC(=O)c2cccc(OC(C)CC)c2)c1. The second-order valence-electron chi connectivity index (χ2n) is 6.77. The zero-order valence-electron chi connectivity index (χ0n) is 17.3. The highest BCUT2D eigenvalue weighted by Crippen LogP contribution is 2.26. The Morgan fingerprint density at radius 3 is 2.60 bits per heavy atom. The molecular formula is C22H26ClN3O3S. The number of benzene rings is 2. The molecule has 8 heteroatoms. The van der Waals surface area contributed by atoms with Crippen LogP contribution in [0.25, 0.3) is 0 Å². The Balaban J connectivity index is 2.02. The fourth-order valence-electron chi connectivity index (χ4n) is 2.50. The van der Waals surface area contributed by atoms with Crippen LogP contribution in [-0.2, 0) is 4.79 Å². The summed E-state index contributed by atoms with van der Waals surface area (Å²) in [5.74, 6) is 0.168.